The van der Waals surface area contributed by atoms with Crippen LogP contribution in [-0.4, -0.2) is 46.0 Å². The minimum atomic E-state index is -0.874. The third-order valence-corrected chi connectivity index (χ3v) is 5.77. The Morgan fingerprint density at radius 1 is 1.21 bits per heavy atom. The summed E-state index contributed by atoms with van der Waals surface area (Å²) in [6.45, 7) is 2.08. The molecule has 184 valence electrons. The summed E-state index contributed by atoms with van der Waals surface area (Å²) in [5.41, 5.74) is 7.50. The van der Waals surface area contributed by atoms with Crippen molar-refractivity contribution >= 4 is 5.97 Å². The van der Waals surface area contributed by atoms with Crippen LogP contribution in [0.3, 0.4) is 0 Å². The second-order valence-corrected chi connectivity index (χ2v) is 8.48. The molecular formula is C22H35N5O6. The molecule has 0 amide bonds. The van der Waals surface area contributed by atoms with Crippen molar-refractivity contribution in [2.24, 2.45) is 5.11 Å². The molecule has 2 heterocycles. The Kier molecular flexibility index (Phi) is 11.7. The van der Waals surface area contributed by atoms with Gasteiger partial charge in [-0.2, -0.15) is 0 Å². The van der Waals surface area contributed by atoms with Crippen LogP contribution in [0.5, 0.6) is 0 Å². The highest BCUT2D eigenvalue weighted by atomic mass is 16.6. The van der Waals surface area contributed by atoms with Crippen LogP contribution >= 0.6 is 0 Å². The minimum Gasteiger partial charge on any atom is -0.463 e. The monoisotopic (exact) mass is 465 g/mol. The van der Waals surface area contributed by atoms with E-state index in [4.69, 9.17) is 15.0 Å². The van der Waals surface area contributed by atoms with Crippen molar-refractivity contribution < 1.29 is 19.4 Å². The average molecular weight is 466 g/mol. The van der Waals surface area contributed by atoms with Crippen molar-refractivity contribution in [3.8, 4) is 0 Å². The van der Waals surface area contributed by atoms with Gasteiger partial charge in [-0.3, -0.25) is 19.1 Å². The molecule has 1 saturated heterocycles. The van der Waals surface area contributed by atoms with Gasteiger partial charge in [0.05, 0.1) is 6.10 Å². The fraction of sp³-hybridized carbons (Fsp3) is 0.773. The van der Waals surface area contributed by atoms with E-state index in [-0.39, 0.29) is 19.0 Å². The summed E-state index contributed by atoms with van der Waals surface area (Å²) in [6.07, 6.45) is 9.04. The molecule has 0 aromatic carbocycles. The zero-order valence-electron chi connectivity index (χ0n) is 19.3. The van der Waals surface area contributed by atoms with E-state index < -0.39 is 29.7 Å². The standard InChI is InChI=1S/C22H35N5O6/c1-16-14-27(22(31)25-21(16)30)19-13-17(28)18(33-19)15-32-20(29)11-9-7-5-3-2-4-6-8-10-12-24-26-23/h14,17-19,28H,2-13,15H2,1H3,(H,25,30,31). The van der Waals surface area contributed by atoms with Gasteiger partial charge in [0.25, 0.3) is 5.56 Å². The maximum atomic E-state index is 12.0. The number of ether oxygens (including phenoxy) is 2. The molecule has 1 fully saturated rings. The van der Waals surface area contributed by atoms with Gasteiger partial charge in [0, 0.05) is 36.1 Å². The van der Waals surface area contributed by atoms with E-state index in [1.807, 2.05) is 0 Å². The fourth-order valence-corrected chi connectivity index (χ4v) is 3.82. The fourth-order valence-electron chi connectivity index (χ4n) is 3.82. The van der Waals surface area contributed by atoms with Crippen molar-refractivity contribution in [2.45, 2.75) is 96.0 Å². The van der Waals surface area contributed by atoms with Crippen molar-refractivity contribution in [3.05, 3.63) is 43.0 Å². The number of esters is 1. The van der Waals surface area contributed by atoms with E-state index in [1.54, 1.807) is 6.92 Å². The second-order valence-electron chi connectivity index (χ2n) is 8.48. The van der Waals surface area contributed by atoms with E-state index in [9.17, 15) is 19.5 Å². The Hall–Kier alpha value is -2.62. The molecule has 2 rings (SSSR count). The molecule has 0 aliphatic carbocycles. The number of nitrogens with zero attached hydrogens (tertiary/aromatic N) is 4. The molecule has 1 aromatic heterocycles. The lowest BCUT2D eigenvalue weighted by Crippen LogP contribution is -2.33. The lowest BCUT2D eigenvalue weighted by Gasteiger charge is -2.16. The number of carbonyl (C=O) groups excluding carboxylic acids is 1. The third kappa shape index (κ3) is 9.41. The number of aromatic amines is 1. The van der Waals surface area contributed by atoms with Crippen LogP contribution in [0, 0.1) is 6.92 Å². The highest BCUT2D eigenvalue weighted by Crippen LogP contribution is 2.28. The van der Waals surface area contributed by atoms with Crippen LogP contribution < -0.4 is 11.2 Å². The van der Waals surface area contributed by atoms with Gasteiger partial charge >= 0.3 is 11.7 Å². The smallest absolute Gasteiger partial charge is 0.330 e. The lowest BCUT2D eigenvalue weighted by molar-refractivity contribution is -0.150. The third-order valence-electron chi connectivity index (χ3n) is 5.77. The molecule has 1 aliphatic heterocycles. The van der Waals surface area contributed by atoms with Crippen LogP contribution in [0.15, 0.2) is 20.9 Å². The number of carbonyl (C=O) groups is 1. The van der Waals surface area contributed by atoms with Gasteiger partial charge in [-0.15, -0.1) is 0 Å². The van der Waals surface area contributed by atoms with Gasteiger partial charge in [-0.25, -0.2) is 4.79 Å². The lowest BCUT2D eigenvalue weighted by atomic mass is 10.1. The number of aryl methyl sites for hydroxylation is 1. The van der Waals surface area contributed by atoms with E-state index in [0.717, 1.165) is 44.9 Å². The largest absolute Gasteiger partial charge is 0.463 e. The molecule has 11 heteroatoms. The number of nitrogens with one attached hydrogen (secondary N) is 1. The summed E-state index contributed by atoms with van der Waals surface area (Å²) in [4.78, 5) is 40.4. The summed E-state index contributed by atoms with van der Waals surface area (Å²) in [5, 5.41) is 13.7. The van der Waals surface area contributed by atoms with Crippen LogP contribution in [0.4, 0.5) is 0 Å². The molecule has 3 unspecified atom stereocenters. The van der Waals surface area contributed by atoms with Crippen molar-refractivity contribution in [1.29, 1.82) is 0 Å². The van der Waals surface area contributed by atoms with E-state index in [0.29, 0.717) is 18.5 Å². The number of aliphatic hydroxyl groups excluding tert-OH is 1. The van der Waals surface area contributed by atoms with Crippen LogP contribution in [0.1, 0.15) is 82.4 Å². The maximum absolute atomic E-state index is 12.0. The number of rotatable bonds is 15. The Bertz CT molecular complexity index is 907. The maximum Gasteiger partial charge on any atom is 0.330 e. The van der Waals surface area contributed by atoms with Gasteiger partial charge in [-0.05, 0) is 25.3 Å². The summed E-state index contributed by atoms with van der Waals surface area (Å²) in [6, 6.07) is 0. The molecule has 0 spiro atoms. The summed E-state index contributed by atoms with van der Waals surface area (Å²) in [7, 11) is 0. The normalized spacial score (nSPS) is 19.9. The van der Waals surface area contributed by atoms with Crippen LogP contribution in [0.2, 0.25) is 0 Å². The van der Waals surface area contributed by atoms with Gasteiger partial charge in [0.1, 0.15) is 18.9 Å². The molecule has 1 aromatic rings. The van der Waals surface area contributed by atoms with Crippen LogP contribution in [-0.2, 0) is 14.3 Å². The Balaban J connectivity index is 1.55. The molecule has 0 radical (unpaired) electrons. The zero-order valence-corrected chi connectivity index (χ0v) is 19.3. The highest BCUT2D eigenvalue weighted by Gasteiger charge is 2.36. The van der Waals surface area contributed by atoms with Crippen molar-refractivity contribution in [1.82, 2.24) is 9.55 Å². The van der Waals surface area contributed by atoms with E-state index in [2.05, 4.69) is 15.0 Å². The minimum absolute atomic E-state index is 0.0761. The Morgan fingerprint density at radius 2 is 1.85 bits per heavy atom. The Morgan fingerprint density at radius 3 is 2.52 bits per heavy atom. The van der Waals surface area contributed by atoms with Crippen LogP contribution in [0.25, 0.3) is 10.4 Å². The quantitative estimate of drug-likeness (QED) is 0.133. The molecule has 0 bridgehead atoms. The zero-order chi connectivity index (χ0) is 24.1. The van der Waals surface area contributed by atoms with E-state index >= 15 is 0 Å². The van der Waals surface area contributed by atoms with Gasteiger partial charge < -0.3 is 14.6 Å². The first-order valence-electron chi connectivity index (χ1n) is 11.7. The van der Waals surface area contributed by atoms with Crippen molar-refractivity contribution in [2.75, 3.05) is 13.2 Å². The molecule has 11 nitrogen and oxygen atoms in total. The second kappa shape index (κ2) is 14.5. The van der Waals surface area contributed by atoms with Gasteiger partial charge in [0.2, 0.25) is 0 Å². The molecule has 2 N–H and O–H groups in total. The molecule has 33 heavy (non-hydrogen) atoms. The summed E-state index contributed by atoms with van der Waals surface area (Å²) in [5.74, 6) is -0.327. The molecule has 0 saturated carbocycles. The Labute approximate surface area is 192 Å². The van der Waals surface area contributed by atoms with Gasteiger partial charge in [-0.1, -0.05) is 50.1 Å². The first-order valence-corrected chi connectivity index (χ1v) is 11.7. The number of hydrogen-bond acceptors (Lipinski definition) is 7. The molecule has 1 aliphatic rings. The highest BCUT2D eigenvalue weighted by molar-refractivity contribution is 5.69. The SMILES string of the molecule is Cc1cn(C2CC(O)C(COC(=O)CCCCCCCCCCCN=[N+]=[N-])O2)c(=O)[nH]c1=O. The average Bonchev–Trinajstić information content (AvgIpc) is 3.15. The summed E-state index contributed by atoms with van der Waals surface area (Å²) >= 11 is 0. The molecular weight excluding hydrogens is 430 g/mol. The number of aliphatic hydroxyl groups is 1. The number of azide groups is 1. The summed E-state index contributed by atoms with van der Waals surface area (Å²) < 4.78 is 12.2. The van der Waals surface area contributed by atoms with Crippen molar-refractivity contribution in [3.63, 3.8) is 0 Å². The predicted octanol–water partition coefficient (Wildman–Crippen LogP) is 3.25. The number of H-pyrrole nitrogens is 1. The number of hydrogen-bond donors (Lipinski definition) is 2. The predicted molar refractivity (Wildman–Crippen MR) is 122 cm³/mol. The number of aromatic nitrogens is 2. The topological polar surface area (TPSA) is 159 Å². The first kappa shape index (κ1) is 26.6. The number of unbranched alkanes of at least 4 members (excludes halogenated alkanes) is 8. The molecule has 3 atom stereocenters. The van der Waals surface area contributed by atoms with E-state index in [1.165, 1.54) is 23.6 Å². The van der Waals surface area contributed by atoms with Gasteiger partial charge in [0.15, 0.2) is 0 Å². The first-order chi connectivity index (χ1) is 15.9.